The van der Waals surface area contributed by atoms with Gasteiger partial charge < -0.3 is 21.3 Å². The van der Waals surface area contributed by atoms with Crippen LogP contribution in [-0.2, 0) is 28.8 Å². The number of carbonyl (C=O) groups is 6. The maximum atomic E-state index is 12.8. The lowest BCUT2D eigenvalue weighted by molar-refractivity contribution is -0.155. The predicted molar refractivity (Wildman–Crippen MR) is 98.3 cm³/mol. The molecular formula is C18H27N3O8. The molecule has 0 saturated carbocycles. The highest BCUT2D eigenvalue weighted by atomic mass is 16.4. The number of imide groups is 1. The first-order valence-corrected chi connectivity index (χ1v) is 9.26. The predicted octanol–water partition coefficient (Wildman–Crippen LogP) is -0.873. The molecule has 1 heterocycles. The summed E-state index contributed by atoms with van der Waals surface area (Å²) in [6.45, 7) is 4.83. The van der Waals surface area contributed by atoms with Crippen LogP contribution in [0, 0.1) is 11.8 Å². The van der Waals surface area contributed by atoms with E-state index in [2.05, 4.69) is 5.32 Å². The monoisotopic (exact) mass is 413 g/mol. The molecule has 162 valence electrons. The fourth-order valence-electron chi connectivity index (χ4n) is 3.06. The van der Waals surface area contributed by atoms with Crippen molar-refractivity contribution in [3.05, 3.63) is 0 Å². The van der Waals surface area contributed by atoms with Gasteiger partial charge in [-0.2, -0.15) is 0 Å². The quantitative estimate of drug-likeness (QED) is 0.247. The molecule has 11 heteroatoms. The van der Waals surface area contributed by atoms with E-state index >= 15 is 0 Å². The van der Waals surface area contributed by atoms with Crippen LogP contribution in [-0.4, -0.2) is 68.7 Å². The molecule has 0 aromatic carbocycles. The van der Waals surface area contributed by atoms with Gasteiger partial charge in [0.05, 0.1) is 12.1 Å². The van der Waals surface area contributed by atoms with Crippen LogP contribution in [0.15, 0.2) is 0 Å². The van der Waals surface area contributed by atoms with Gasteiger partial charge in [-0.1, -0.05) is 13.8 Å². The van der Waals surface area contributed by atoms with Gasteiger partial charge in [-0.15, -0.1) is 0 Å². The van der Waals surface area contributed by atoms with E-state index in [1.54, 1.807) is 13.8 Å². The first-order chi connectivity index (χ1) is 13.4. The Kier molecular flexibility index (Phi) is 8.43. The maximum absolute atomic E-state index is 12.8. The van der Waals surface area contributed by atoms with Crippen LogP contribution in [0.1, 0.15) is 46.5 Å². The zero-order chi connectivity index (χ0) is 22.5. The molecule has 11 nitrogen and oxygen atoms in total. The number of carboxylic acids is 2. The molecule has 0 aromatic rings. The number of nitrogens with one attached hydrogen (secondary N) is 1. The molecule has 4 atom stereocenters. The van der Waals surface area contributed by atoms with Crippen molar-refractivity contribution >= 4 is 35.4 Å². The molecule has 0 bridgehead atoms. The average molecular weight is 413 g/mol. The van der Waals surface area contributed by atoms with Crippen molar-refractivity contribution < 1.29 is 39.0 Å². The molecule has 0 radical (unpaired) electrons. The van der Waals surface area contributed by atoms with Gasteiger partial charge in [0.2, 0.25) is 17.7 Å². The molecule has 1 fully saturated rings. The lowest BCUT2D eigenvalue weighted by atomic mass is 9.93. The van der Waals surface area contributed by atoms with E-state index in [9.17, 15) is 33.9 Å². The number of amides is 3. The van der Waals surface area contributed by atoms with E-state index in [1.165, 1.54) is 6.92 Å². The number of nitrogens with zero attached hydrogens (tertiary/aromatic N) is 1. The van der Waals surface area contributed by atoms with Gasteiger partial charge in [-0.05, 0) is 25.7 Å². The number of carbonyl (C=O) groups excluding carboxylic acids is 4. The van der Waals surface area contributed by atoms with Gasteiger partial charge in [-0.25, -0.2) is 4.79 Å². The molecule has 5 N–H and O–H groups in total. The Labute approximate surface area is 167 Å². The molecule has 0 unspecified atom stereocenters. The van der Waals surface area contributed by atoms with E-state index in [0.717, 1.165) is 0 Å². The molecule has 0 aromatic heterocycles. The minimum atomic E-state index is -1.48. The van der Waals surface area contributed by atoms with E-state index in [0.29, 0.717) is 4.90 Å². The van der Waals surface area contributed by atoms with Crippen LogP contribution in [0.2, 0.25) is 0 Å². The number of hydrogen-bond acceptors (Lipinski definition) is 7. The summed E-state index contributed by atoms with van der Waals surface area (Å²) in [5.74, 6) is -7.48. The smallest absolute Gasteiger partial charge is 0.326 e. The normalized spacial score (nSPS) is 19.8. The van der Waals surface area contributed by atoms with Gasteiger partial charge in [0, 0.05) is 12.8 Å². The standard InChI is InChI=1S/C18H27N3O8/c1-8(2)6-12(18(28)29)21-13(22)7-10(17(21)27)15(25)11(4-5-14(23)24)20-16(26)9(3)19/h8-12H,4-7,19H2,1-3H3,(H,20,26)(H,23,24)(H,28,29)/t9-,10+,11-,12-/m0/s1. The van der Waals surface area contributed by atoms with Gasteiger partial charge in [0.25, 0.3) is 0 Å². The van der Waals surface area contributed by atoms with E-state index in [4.69, 9.17) is 10.8 Å². The minimum absolute atomic E-state index is 0.0254. The highest BCUT2D eigenvalue weighted by molar-refractivity contribution is 6.17. The highest BCUT2D eigenvalue weighted by Gasteiger charge is 2.49. The first kappa shape index (κ1) is 24.2. The van der Waals surface area contributed by atoms with E-state index in [-0.39, 0.29) is 18.8 Å². The SMILES string of the molecule is CC(C)C[C@@H](C(=O)O)N1C(=O)C[C@H](C(=O)[C@H](CCC(=O)O)NC(=O)[C@H](C)N)C1=O. The van der Waals surface area contributed by atoms with Crippen molar-refractivity contribution in [1.82, 2.24) is 10.2 Å². The van der Waals surface area contributed by atoms with Crippen LogP contribution in [0.4, 0.5) is 0 Å². The van der Waals surface area contributed by atoms with Crippen LogP contribution in [0.3, 0.4) is 0 Å². The Morgan fingerprint density at radius 2 is 1.76 bits per heavy atom. The van der Waals surface area contributed by atoms with Crippen molar-refractivity contribution in [2.45, 2.75) is 64.6 Å². The number of aliphatic carboxylic acids is 2. The van der Waals surface area contributed by atoms with E-state index in [1.807, 2.05) is 0 Å². The topological polar surface area (TPSA) is 184 Å². The van der Waals surface area contributed by atoms with Crippen LogP contribution in [0.25, 0.3) is 0 Å². The summed E-state index contributed by atoms with van der Waals surface area (Å²) in [5.41, 5.74) is 5.45. The van der Waals surface area contributed by atoms with Crippen molar-refractivity contribution in [3.8, 4) is 0 Å². The largest absolute Gasteiger partial charge is 0.481 e. The number of ketones is 1. The van der Waals surface area contributed by atoms with Crippen molar-refractivity contribution in [2.75, 3.05) is 0 Å². The Balaban J connectivity index is 3.09. The van der Waals surface area contributed by atoms with Crippen molar-refractivity contribution in [3.63, 3.8) is 0 Å². The number of rotatable bonds is 11. The second kappa shape index (κ2) is 10.1. The van der Waals surface area contributed by atoms with Gasteiger partial charge in [0.15, 0.2) is 5.78 Å². The second-order valence-corrected chi connectivity index (χ2v) is 7.53. The minimum Gasteiger partial charge on any atom is -0.481 e. The summed E-state index contributed by atoms with van der Waals surface area (Å²) in [6, 6.07) is -3.71. The Bertz CT molecular complexity index is 703. The van der Waals surface area contributed by atoms with Gasteiger partial charge >= 0.3 is 11.9 Å². The zero-order valence-electron chi connectivity index (χ0n) is 16.6. The number of Topliss-reactive ketones (excluding diaryl/α,β-unsaturated/α-hetero) is 1. The molecule has 1 aliphatic rings. The summed E-state index contributed by atoms with van der Waals surface area (Å²) >= 11 is 0. The molecule has 1 saturated heterocycles. The third-order valence-corrected chi connectivity index (χ3v) is 4.54. The van der Waals surface area contributed by atoms with Crippen molar-refractivity contribution in [2.24, 2.45) is 17.6 Å². The molecule has 3 amide bonds. The lowest BCUT2D eigenvalue weighted by Crippen LogP contribution is -2.51. The Hall–Kier alpha value is -2.82. The molecule has 1 aliphatic heterocycles. The average Bonchev–Trinajstić information content (AvgIpc) is 2.89. The Morgan fingerprint density at radius 3 is 2.21 bits per heavy atom. The van der Waals surface area contributed by atoms with E-state index < -0.39 is 72.3 Å². The van der Waals surface area contributed by atoms with Crippen molar-refractivity contribution in [1.29, 1.82) is 0 Å². The van der Waals surface area contributed by atoms with Crippen LogP contribution >= 0.6 is 0 Å². The Morgan fingerprint density at radius 1 is 1.17 bits per heavy atom. The molecule has 0 aliphatic carbocycles. The van der Waals surface area contributed by atoms with Crippen LogP contribution < -0.4 is 11.1 Å². The summed E-state index contributed by atoms with van der Waals surface area (Å²) in [6.07, 6.45) is -1.26. The van der Waals surface area contributed by atoms with Crippen LogP contribution in [0.5, 0.6) is 0 Å². The fraction of sp³-hybridized carbons (Fsp3) is 0.667. The third kappa shape index (κ3) is 6.34. The number of hydrogen-bond donors (Lipinski definition) is 4. The molecular weight excluding hydrogens is 386 g/mol. The first-order valence-electron chi connectivity index (χ1n) is 9.26. The highest BCUT2D eigenvalue weighted by Crippen LogP contribution is 2.27. The van der Waals surface area contributed by atoms with Gasteiger partial charge in [-0.3, -0.25) is 28.9 Å². The molecule has 29 heavy (non-hydrogen) atoms. The van der Waals surface area contributed by atoms with Gasteiger partial charge in [0.1, 0.15) is 12.0 Å². The summed E-state index contributed by atoms with van der Waals surface area (Å²) in [4.78, 5) is 72.8. The number of likely N-dealkylation sites (tertiary alicyclic amines) is 1. The second-order valence-electron chi connectivity index (χ2n) is 7.53. The zero-order valence-corrected chi connectivity index (χ0v) is 16.6. The third-order valence-electron chi connectivity index (χ3n) is 4.54. The lowest BCUT2D eigenvalue weighted by Gasteiger charge is -2.25. The number of nitrogens with two attached hydrogens (primary N) is 1. The summed E-state index contributed by atoms with van der Waals surface area (Å²) in [7, 11) is 0. The maximum Gasteiger partial charge on any atom is 0.326 e. The molecule has 1 rings (SSSR count). The summed E-state index contributed by atoms with van der Waals surface area (Å²) < 4.78 is 0. The molecule has 0 spiro atoms. The summed E-state index contributed by atoms with van der Waals surface area (Å²) in [5, 5.41) is 20.6. The fourth-order valence-corrected chi connectivity index (χ4v) is 3.06. The number of carboxylic acid groups (broad SMARTS) is 2.